The standard InChI is InChI=1S/C12H10N6O/c13-7-10(11(14)15)18-17-9-4-2-1-3-8(9)12-16-5-6-19-12/h1-6,17H,(H3,14,15)/b18-10+. The fraction of sp³-hybridized carbons (Fsp3) is 0. The Bertz CT molecular complexity index is 653. The molecule has 1 aromatic heterocycles. The first kappa shape index (κ1) is 12.3. The van der Waals surface area contributed by atoms with E-state index in [1.807, 2.05) is 6.07 Å². The number of para-hydroxylation sites is 1. The van der Waals surface area contributed by atoms with Crippen LogP contribution in [0.4, 0.5) is 5.69 Å². The molecule has 0 unspecified atom stereocenters. The summed E-state index contributed by atoms with van der Waals surface area (Å²) in [7, 11) is 0. The molecule has 0 amide bonds. The van der Waals surface area contributed by atoms with Crippen LogP contribution in [0, 0.1) is 16.7 Å². The van der Waals surface area contributed by atoms with Crippen molar-refractivity contribution in [3.63, 3.8) is 0 Å². The molecule has 0 saturated carbocycles. The van der Waals surface area contributed by atoms with E-state index in [4.69, 9.17) is 20.8 Å². The van der Waals surface area contributed by atoms with Crippen LogP contribution in [0.1, 0.15) is 0 Å². The highest BCUT2D eigenvalue weighted by Crippen LogP contribution is 2.26. The molecule has 4 N–H and O–H groups in total. The van der Waals surface area contributed by atoms with Crippen LogP contribution < -0.4 is 11.2 Å². The molecule has 0 radical (unpaired) electrons. The van der Waals surface area contributed by atoms with Gasteiger partial charge in [-0.05, 0) is 12.1 Å². The lowest BCUT2D eigenvalue weighted by atomic mass is 10.2. The van der Waals surface area contributed by atoms with E-state index >= 15 is 0 Å². The number of rotatable bonds is 4. The van der Waals surface area contributed by atoms with Crippen LogP contribution in [0.15, 0.2) is 46.2 Å². The first-order valence-corrected chi connectivity index (χ1v) is 5.29. The summed E-state index contributed by atoms with van der Waals surface area (Å²) < 4.78 is 5.21. The quantitative estimate of drug-likeness (QED) is 0.434. The predicted molar refractivity (Wildman–Crippen MR) is 70.5 cm³/mol. The number of aromatic nitrogens is 1. The molecule has 0 saturated heterocycles. The second-order valence-corrected chi connectivity index (χ2v) is 3.48. The third kappa shape index (κ3) is 2.76. The molecule has 0 aliphatic rings. The van der Waals surface area contributed by atoms with Crippen LogP contribution >= 0.6 is 0 Å². The zero-order valence-corrected chi connectivity index (χ0v) is 9.79. The van der Waals surface area contributed by atoms with Gasteiger partial charge in [0.1, 0.15) is 12.3 Å². The van der Waals surface area contributed by atoms with Crippen molar-refractivity contribution in [1.82, 2.24) is 4.98 Å². The largest absolute Gasteiger partial charge is 0.444 e. The molecule has 7 nitrogen and oxygen atoms in total. The molecule has 0 spiro atoms. The van der Waals surface area contributed by atoms with E-state index in [2.05, 4.69) is 15.5 Å². The Morgan fingerprint density at radius 3 is 2.89 bits per heavy atom. The number of hydrogen-bond donors (Lipinski definition) is 3. The minimum absolute atomic E-state index is 0.192. The highest BCUT2D eigenvalue weighted by atomic mass is 16.3. The Labute approximate surface area is 108 Å². The monoisotopic (exact) mass is 254 g/mol. The van der Waals surface area contributed by atoms with Crippen molar-refractivity contribution in [3.05, 3.63) is 36.7 Å². The number of hydrazone groups is 1. The number of nitrogens with one attached hydrogen (secondary N) is 2. The van der Waals surface area contributed by atoms with E-state index < -0.39 is 5.84 Å². The topological polar surface area (TPSA) is 124 Å². The van der Waals surface area contributed by atoms with E-state index in [0.717, 1.165) is 0 Å². The minimum Gasteiger partial charge on any atom is -0.444 e. The molecule has 1 aromatic carbocycles. The van der Waals surface area contributed by atoms with Gasteiger partial charge in [0.05, 0.1) is 17.4 Å². The van der Waals surface area contributed by atoms with E-state index in [9.17, 15) is 0 Å². The third-order valence-electron chi connectivity index (χ3n) is 2.24. The van der Waals surface area contributed by atoms with Crippen molar-refractivity contribution in [2.45, 2.75) is 0 Å². The molecule has 0 fully saturated rings. The second-order valence-electron chi connectivity index (χ2n) is 3.48. The van der Waals surface area contributed by atoms with Gasteiger partial charge in [0.25, 0.3) is 0 Å². The predicted octanol–water partition coefficient (Wildman–Crippen LogP) is 1.57. The molecule has 2 aromatic rings. The molecule has 1 heterocycles. The van der Waals surface area contributed by atoms with E-state index in [1.165, 1.54) is 12.5 Å². The fourth-order valence-electron chi connectivity index (χ4n) is 1.39. The molecule has 7 heteroatoms. The lowest BCUT2D eigenvalue weighted by Crippen LogP contribution is -2.21. The summed E-state index contributed by atoms with van der Waals surface area (Å²) >= 11 is 0. The van der Waals surface area contributed by atoms with Crippen LogP contribution in [0.5, 0.6) is 0 Å². The Morgan fingerprint density at radius 1 is 1.47 bits per heavy atom. The molecule has 19 heavy (non-hydrogen) atoms. The highest BCUT2D eigenvalue weighted by Gasteiger charge is 2.08. The smallest absolute Gasteiger partial charge is 0.228 e. The van der Waals surface area contributed by atoms with Gasteiger partial charge < -0.3 is 10.2 Å². The summed E-state index contributed by atoms with van der Waals surface area (Å²) in [6.07, 6.45) is 3.00. The van der Waals surface area contributed by atoms with Gasteiger partial charge in [-0.25, -0.2) is 4.98 Å². The number of nitrogens with zero attached hydrogens (tertiary/aromatic N) is 3. The Hall–Kier alpha value is -3.14. The van der Waals surface area contributed by atoms with Crippen LogP contribution in [-0.4, -0.2) is 16.5 Å². The lowest BCUT2D eigenvalue weighted by molar-refractivity contribution is 0.575. The summed E-state index contributed by atoms with van der Waals surface area (Å²) in [5, 5.41) is 19.7. The zero-order valence-electron chi connectivity index (χ0n) is 9.79. The maximum absolute atomic E-state index is 8.76. The Morgan fingerprint density at radius 2 is 2.26 bits per heavy atom. The maximum Gasteiger partial charge on any atom is 0.228 e. The van der Waals surface area contributed by atoms with Crippen LogP contribution in [-0.2, 0) is 0 Å². The summed E-state index contributed by atoms with van der Waals surface area (Å²) in [5.74, 6) is 0.0308. The van der Waals surface area contributed by atoms with Crippen molar-refractivity contribution < 1.29 is 4.42 Å². The third-order valence-corrected chi connectivity index (χ3v) is 2.24. The van der Waals surface area contributed by atoms with Crippen molar-refractivity contribution in [3.8, 4) is 17.5 Å². The zero-order chi connectivity index (χ0) is 13.7. The normalized spacial score (nSPS) is 10.8. The first-order valence-electron chi connectivity index (χ1n) is 5.29. The van der Waals surface area contributed by atoms with Crippen LogP contribution in [0.3, 0.4) is 0 Å². The molecule has 0 aliphatic heterocycles. The fourth-order valence-corrected chi connectivity index (χ4v) is 1.39. The SMILES string of the molecule is N#C/C(=N\Nc1ccccc1-c1ncco1)C(=N)N. The summed E-state index contributed by atoms with van der Waals surface area (Å²) in [6.45, 7) is 0. The molecule has 0 bridgehead atoms. The first-order chi connectivity index (χ1) is 9.22. The average Bonchev–Trinajstić information content (AvgIpc) is 2.93. The molecule has 94 valence electrons. The molecule has 0 aliphatic carbocycles. The number of amidine groups is 1. The van der Waals surface area contributed by atoms with Gasteiger partial charge in [-0.3, -0.25) is 10.8 Å². The van der Waals surface area contributed by atoms with Gasteiger partial charge in [0, 0.05) is 0 Å². The maximum atomic E-state index is 8.76. The van der Waals surface area contributed by atoms with E-state index in [-0.39, 0.29) is 5.71 Å². The van der Waals surface area contributed by atoms with Crippen molar-refractivity contribution >= 4 is 17.2 Å². The van der Waals surface area contributed by atoms with Gasteiger partial charge in [0.2, 0.25) is 11.6 Å². The van der Waals surface area contributed by atoms with Crippen LogP contribution in [0.2, 0.25) is 0 Å². The van der Waals surface area contributed by atoms with E-state index in [1.54, 1.807) is 24.3 Å². The van der Waals surface area contributed by atoms with Gasteiger partial charge in [-0.2, -0.15) is 10.4 Å². The number of anilines is 1. The second kappa shape index (κ2) is 5.46. The Balaban J connectivity index is 2.32. The molecular formula is C12H10N6O. The molecular weight excluding hydrogens is 244 g/mol. The number of nitrogens with two attached hydrogens (primary N) is 1. The van der Waals surface area contributed by atoms with Crippen molar-refractivity contribution in [2.75, 3.05) is 5.43 Å². The van der Waals surface area contributed by atoms with Gasteiger partial charge in [-0.1, -0.05) is 12.1 Å². The number of hydrogen-bond acceptors (Lipinski definition) is 6. The molecule has 0 atom stereocenters. The summed E-state index contributed by atoms with van der Waals surface area (Å²) in [5.41, 5.74) is 8.98. The van der Waals surface area contributed by atoms with Gasteiger partial charge >= 0.3 is 0 Å². The number of oxazole rings is 1. The number of benzene rings is 1. The minimum atomic E-state index is -0.399. The number of nitriles is 1. The van der Waals surface area contributed by atoms with Gasteiger partial charge in [-0.15, -0.1) is 0 Å². The highest BCUT2D eigenvalue weighted by molar-refractivity contribution is 6.45. The van der Waals surface area contributed by atoms with Crippen molar-refractivity contribution in [1.29, 1.82) is 10.7 Å². The van der Waals surface area contributed by atoms with Crippen molar-refractivity contribution in [2.24, 2.45) is 10.8 Å². The average molecular weight is 254 g/mol. The lowest BCUT2D eigenvalue weighted by Gasteiger charge is -2.05. The summed E-state index contributed by atoms with van der Waals surface area (Å²) in [6, 6.07) is 8.89. The van der Waals surface area contributed by atoms with Gasteiger partial charge in [0.15, 0.2) is 5.84 Å². The molecule has 2 rings (SSSR count). The Kier molecular flexibility index (Phi) is 3.54. The van der Waals surface area contributed by atoms with E-state index in [0.29, 0.717) is 17.1 Å². The summed E-state index contributed by atoms with van der Waals surface area (Å²) in [4.78, 5) is 4.04. The van der Waals surface area contributed by atoms with Crippen LogP contribution in [0.25, 0.3) is 11.5 Å².